The van der Waals surface area contributed by atoms with Crippen molar-refractivity contribution in [2.45, 2.75) is 94.3 Å². The molecule has 2 fully saturated rings. The summed E-state index contributed by atoms with van der Waals surface area (Å²) in [5.74, 6) is 0.621. The summed E-state index contributed by atoms with van der Waals surface area (Å²) in [6.45, 7) is 7.18. The van der Waals surface area contributed by atoms with Gasteiger partial charge in [-0.25, -0.2) is 13.1 Å². The quantitative estimate of drug-likeness (QED) is 0.244. The monoisotopic (exact) mass is 644 g/mol. The van der Waals surface area contributed by atoms with Crippen molar-refractivity contribution in [2.75, 3.05) is 13.1 Å². The summed E-state index contributed by atoms with van der Waals surface area (Å²) in [4.78, 5) is 14.5. The Labute approximate surface area is 272 Å². The standard InChI is InChI=1S/C37H44N2O6S/c1-24(2)21-27-11-7-8-12-29(27)23-46(42,43)38-30-15-17-37(41)32-22-28-13-14-31(44-25(3)40)34-33(28)36(37,35(30)45-34)18-20-39(32)19-16-26-9-5-4-6-10-26/h4-14,24,30,32,35,38,41H,15-23H2,1-3H3/t30-,32-,35+,36+,37-/m1/s1. The van der Waals surface area contributed by atoms with Crippen LogP contribution in [0.25, 0.3) is 0 Å². The second-order valence-corrected chi connectivity index (χ2v) is 15.8. The van der Waals surface area contributed by atoms with Gasteiger partial charge in [0.15, 0.2) is 11.5 Å². The highest BCUT2D eigenvalue weighted by Gasteiger charge is 2.73. The molecular weight excluding hydrogens is 600 g/mol. The summed E-state index contributed by atoms with van der Waals surface area (Å²) < 4.78 is 43.1. The smallest absolute Gasteiger partial charge is 0.308 e. The predicted octanol–water partition coefficient (Wildman–Crippen LogP) is 4.70. The number of rotatable bonds is 10. The van der Waals surface area contributed by atoms with Crippen LogP contribution in [0.15, 0.2) is 66.7 Å². The number of benzene rings is 3. The lowest BCUT2D eigenvalue weighted by atomic mass is 9.48. The Hall–Kier alpha value is -3.24. The van der Waals surface area contributed by atoms with E-state index in [4.69, 9.17) is 9.47 Å². The van der Waals surface area contributed by atoms with E-state index < -0.39 is 39.2 Å². The van der Waals surface area contributed by atoms with Crippen molar-refractivity contribution in [1.29, 1.82) is 0 Å². The molecule has 3 aromatic rings. The van der Waals surface area contributed by atoms with Gasteiger partial charge >= 0.3 is 5.97 Å². The Morgan fingerprint density at radius 1 is 1.07 bits per heavy atom. The first kappa shape index (κ1) is 31.4. The molecule has 1 saturated heterocycles. The molecule has 9 heteroatoms. The van der Waals surface area contributed by atoms with Gasteiger partial charge in [0.1, 0.15) is 6.10 Å². The van der Waals surface area contributed by atoms with Gasteiger partial charge in [0.25, 0.3) is 0 Å². The van der Waals surface area contributed by atoms with Crippen LogP contribution in [0.2, 0.25) is 0 Å². The van der Waals surface area contributed by atoms with E-state index in [1.165, 1.54) is 12.5 Å². The van der Waals surface area contributed by atoms with Crippen molar-refractivity contribution in [1.82, 2.24) is 9.62 Å². The van der Waals surface area contributed by atoms with Gasteiger partial charge in [-0.1, -0.05) is 74.5 Å². The molecule has 1 saturated carbocycles. The zero-order chi connectivity index (χ0) is 32.3. The molecule has 0 amide bonds. The number of likely N-dealkylation sites (tertiary alicyclic amines) is 1. The summed E-state index contributed by atoms with van der Waals surface area (Å²) in [5.41, 5.74) is 3.09. The van der Waals surface area contributed by atoms with Gasteiger partial charge in [-0.3, -0.25) is 9.69 Å². The molecule has 7 rings (SSSR count). The lowest BCUT2D eigenvalue weighted by Gasteiger charge is -2.64. The van der Waals surface area contributed by atoms with E-state index in [-0.39, 0.29) is 11.8 Å². The van der Waals surface area contributed by atoms with Crippen LogP contribution in [0.4, 0.5) is 0 Å². The number of hydrogen-bond donors (Lipinski definition) is 2. The maximum absolute atomic E-state index is 13.9. The average Bonchev–Trinajstić information content (AvgIpc) is 3.36. The fraction of sp³-hybridized carbons (Fsp3) is 0.486. The number of piperidine rings is 1. The second-order valence-electron chi connectivity index (χ2n) is 14.1. The molecular formula is C37H44N2O6S. The minimum atomic E-state index is -3.76. The number of hydrogen-bond acceptors (Lipinski definition) is 7. The second kappa shape index (κ2) is 11.8. The van der Waals surface area contributed by atoms with E-state index >= 15 is 0 Å². The third-order valence-electron chi connectivity index (χ3n) is 10.8. The van der Waals surface area contributed by atoms with Gasteiger partial charge in [0, 0.05) is 25.1 Å². The van der Waals surface area contributed by atoms with Crippen LogP contribution in [-0.2, 0) is 45.2 Å². The summed E-state index contributed by atoms with van der Waals surface area (Å²) in [7, 11) is -3.76. The number of nitrogens with one attached hydrogen (secondary N) is 1. The lowest BCUT2D eigenvalue weighted by molar-refractivity contribution is -0.189. The molecule has 0 aromatic heterocycles. The van der Waals surface area contributed by atoms with Crippen LogP contribution >= 0.6 is 0 Å². The zero-order valence-corrected chi connectivity index (χ0v) is 27.7. The molecule has 46 heavy (non-hydrogen) atoms. The van der Waals surface area contributed by atoms with Crippen molar-refractivity contribution < 1.29 is 27.8 Å². The van der Waals surface area contributed by atoms with E-state index in [0.717, 1.165) is 48.2 Å². The first-order valence-electron chi connectivity index (χ1n) is 16.6. The van der Waals surface area contributed by atoms with E-state index in [9.17, 15) is 18.3 Å². The Kier molecular flexibility index (Phi) is 8.03. The highest BCUT2D eigenvalue weighted by molar-refractivity contribution is 7.88. The van der Waals surface area contributed by atoms with Crippen LogP contribution in [0.1, 0.15) is 67.9 Å². The lowest BCUT2D eigenvalue weighted by Crippen LogP contribution is -2.78. The third kappa shape index (κ3) is 5.25. The highest BCUT2D eigenvalue weighted by atomic mass is 32.2. The molecule has 2 aliphatic carbocycles. The minimum absolute atomic E-state index is 0.122. The topological polar surface area (TPSA) is 105 Å². The van der Waals surface area contributed by atoms with Crippen molar-refractivity contribution in [3.05, 3.63) is 94.5 Å². The molecule has 0 unspecified atom stereocenters. The fourth-order valence-corrected chi connectivity index (χ4v) is 10.5. The van der Waals surface area contributed by atoms with Gasteiger partial charge in [-0.15, -0.1) is 0 Å². The zero-order valence-electron chi connectivity index (χ0n) is 26.9. The highest BCUT2D eigenvalue weighted by Crippen LogP contribution is 2.65. The van der Waals surface area contributed by atoms with Gasteiger partial charge in [0.05, 0.1) is 22.8 Å². The Balaban J connectivity index is 1.23. The van der Waals surface area contributed by atoms with E-state index in [2.05, 4.69) is 47.7 Å². The van der Waals surface area contributed by atoms with Gasteiger partial charge < -0.3 is 14.6 Å². The van der Waals surface area contributed by atoms with E-state index in [0.29, 0.717) is 43.1 Å². The summed E-state index contributed by atoms with van der Waals surface area (Å²) in [6.07, 6.45) is 3.17. The molecule has 2 heterocycles. The number of sulfonamides is 1. The Morgan fingerprint density at radius 2 is 1.80 bits per heavy atom. The van der Waals surface area contributed by atoms with Crippen molar-refractivity contribution >= 4 is 16.0 Å². The molecule has 8 nitrogen and oxygen atoms in total. The number of esters is 1. The van der Waals surface area contributed by atoms with E-state index in [1.54, 1.807) is 6.07 Å². The van der Waals surface area contributed by atoms with Gasteiger partial charge in [-0.2, -0.15) is 0 Å². The first-order valence-corrected chi connectivity index (χ1v) is 18.2. The fourth-order valence-electron chi connectivity index (χ4n) is 8.98. The first-order chi connectivity index (χ1) is 22.0. The van der Waals surface area contributed by atoms with Crippen LogP contribution in [-0.4, -0.2) is 61.3 Å². The predicted molar refractivity (Wildman–Crippen MR) is 176 cm³/mol. The summed E-state index contributed by atoms with van der Waals surface area (Å²) in [6, 6.07) is 21.2. The molecule has 1 spiro atoms. The number of nitrogens with zero attached hydrogens (tertiary/aromatic N) is 1. The van der Waals surface area contributed by atoms with Crippen LogP contribution in [0.3, 0.4) is 0 Å². The molecule has 5 atom stereocenters. The maximum atomic E-state index is 13.9. The Morgan fingerprint density at radius 3 is 2.54 bits per heavy atom. The third-order valence-corrected chi connectivity index (χ3v) is 12.1. The molecule has 244 valence electrons. The number of ether oxygens (including phenoxy) is 2. The molecule has 2 bridgehead atoms. The molecule has 2 aliphatic heterocycles. The Bertz CT molecular complexity index is 1740. The van der Waals surface area contributed by atoms with Crippen LogP contribution in [0, 0.1) is 5.92 Å². The molecule has 4 aliphatic rings. The van der Waals surface area contributed by atoms with Crippen molar-refractivity contribution in [2.24, 2.45) is 5.92 Å². The number of carbonyl (C=O) groups is 1. The average molecular weight is 645 g/mol. The number of aliphatic hydroxyl groups is 1. The minimum Gasteiger partial charge on any atom is -0.483 e. The summed E-state index contributed by atoms with van der Waals surface area (Å²) >= 11 is 0. The van der Waals surface area contributed by atoms with E-state index in [1.807, 2.05) is 36.4 Å². The molecule has 2 N–H and O–H groups in total. The van der Waals surface area contributed by atoms with Crippen molar-refractivity contribution in [3.8, 4) is 11.5 Å². The van der Waals surface area contributed by atoms with Crippen LogP contribution in [0.5, 0.6) is 11.5 Å². The molecule has 3 aromatic carbocycles. The summed E-state index contributed by atoms with van der Waals surface area (Å²) in [5, 5.41) is 12.9. The normalized spacial score (nSPS) is 28.1. The SMILES string of the molecule is CC(=O)Oc1ccc2c3c1O[C@H]1[C@H](NS(=O)(=O)Cc4ccccc4CC(C)C)CC[C@@]4(O)[C@@H](C2)N(CCc2ccccc2)CC[C@]314. The molecule has 0 radical (unpaired) electrons. The van der Waals surface area contributed by atoms with Gasteiger partial charge in [0.2, 0.25) is 10.0 Å². The van der Waals surface area contributed by atoms with Gasteiger partial charge in [-0.05, 0) is 79.3 Å². The largest absolute Gasteiger partial charge is 0.483 e. The maximum Gasteiger partial charge on any atom is 0.308 e. The van der Waals surface area contributed by atoms with Crippen LogP contribution < -0.4 is 14.2 Å². The van der Waals surface area contributed by atoms with Crippen molar-refractivity contribution in [3.63, 3.8) is 0 Å². The number of carbonyl (C=O) groups excluding carboxylic acids is 1.